The number of nitrogens with zero attached hydrogens (tertiary/aromatic N) is 1. The fourth-order valence-electron chi connectivity index (χ4n) is 2.54. The molecule has 1 aromatic rings. The summed E-state index contributed by atoms with van der Waals surface area (Å²) < 4.78 is 84.4. The van der Waals surface area contributed by atoms with Gasteiger partial charge in [-0.1, -0.05) is 13.8 Å². The van der Waals surface area contributed by atoms with Crippen LogP contribution in [0.4, 0.5) is 36.8 Å². The van der Waals surface area contributed by atoms with Crippen LogP contribution in [-0.4, -0.2) is 31.8 Å². The number of carbonyl (C=O) groups is 1. The van der Waals surface area contributed by atoms with Gasteiger partial charge in [-0.05, 0) is 12.8 Å². The van der Waals surface area contributed by atoms with Crippen molar-refractivity contribution in [2.24, 2.45) is 5.73 Å². The minimum absolute atomic E-state index is 0.180. The Kier molecular flexibility index (Phi) is 6.99. The Hall–Kier alpha value is -2.86. The molecule has 13 heteroatoms. The van der Waals surface area contributed by atoms with Crippen LogP contribution in [0.15, 0.2) is 6.07 Å². The summed E-state index contributed by atoms with van der Waals surface area (Å²) in [6.45, 7) is 2.79. The molecule has 4 N–H and O–H groups in total. The molecule has 0 aromatic heterocycles. The van der Waals surface area contributed by atoms with Crippen LogP contribution in [0.1, 0.15) is 25.0 Å². The Labute approximate surface area is 155 Å². The van der Waals surface area contributed by atoms with E-state index in [0.717, 1.165) is 7.05 Å². The molecule has 2 amide bonds. The van der Waals surface area contributed by atoms with Crippen LogP contribution >= 0.6 is 0 Å². The number of halogens is 6. The standard InChI is InChI=1S/C15H18F6N4O3/c1-4-7-9(27-14(16,17)18)6-10(28-15(19,20)21)8(5-2)11(7)25(12(22)23)13(26)24-3/h6H,4-5H2,1-3H3,(H3,22,23)(H,24,26). The third-order valence-corrected chi connectivity index (χ3v) is 3.47. The van der Waals surface area contributed by atoms with Crippen molar-refractivity contribution < 1.29 is 40.6 Å². The lowest BCUT2D eigenvalue weighted by atomic mass is 9.99. The van der Waals surface area contributed by atoms with Gasteiger partial charge in [0.05, 0.1) is 5.69 Å². The van der Waals surface area contributed by atoms with Crippen molar-refractivity contribution in [3.05, 3.63) is 17.2 Å². The molecule has 1 aromatic carbocycles. The average molecular weight is 416 g/mol. The third kappa shape index (κ3) is 5.57. The van der Waals surface area contributed by atoms with Gasteiger partial charge in [0.15, 0.2) is 0 Å². The van der Waals surface area contributed by atoms with Gasteiger partial charge in [-0.2, -0.15) is 0 Å². The summed E-state index contributed by atoms with van der Waals surface area (Å²) in [6, 6.07) is -0.594. The minimum Gasteiger partial charge on any atom is -0.405 e. The third-order valence-electron chi connectivity index (χ3n) is 3.47. The van der Waals surface area contributed by atoms with Gasteiger partial charge in [0, 0.05) is 24.2 Å². The molecule has 0 saturated heterocycles. The fourth-order valence-corrected chi connectivity index (χ4v) is 2.54. The molecule has 0 unspecified atom stereocenters. The molecule has 0 heterocycles. The van der Waals surface area contributed by atoms with Gasteiger partial charge in [-0.15, -0.1) is 26.3 Å². The molecule has 0 saturated carbocycles. The van der Waals surface area contributed by atoms with E-state index in [-0.39, 0.29) is 24.0 Å². The van der Waals surface area contributed by atoms with Gasteiger partial charge in [0.1, 0.15) is 11.5 Å². The number of nitrogens with two attached hydrogens (primary N) is 1. The number of ether oxygens (including phenoxy) is 2. The van der Waals surface area contributed by atoms with E-state index in [4.69, 9.17) is 11.1 Å². The second kappa shape index (κ2) is 8.44. The number of hydrogen-bond donors (Lipinski definition) is 3. The number of urea groups is 1. The highest BCUT2D eigenvalue weighted by molar-refractivity contribution is 6.15. The van der Waals surface area contributed by atoms with Crippen LogP contribution in [-0.2, 0) is 12.8 Å². The first-order valence-corrected chi connectivity index (χ1v) is 7.81. The quantitative estimate of drug-likeness (QED) is 0.388. The molecular weight excluding hydrogens is 398 g/mol. The van der Waals surface area contributed by atoms with E-state index >= 15 is 0 Å². The number of rotatable bonds is 5. The van der Waals surface area contributed by atoms with E-state index in [1.807, 2.05) is 0 Å². The van der Waals surface area contributed by atoms with Crippen LogP contribution in [0.2, 0.25) is 0 Å². The lowest BCUT2D eigenvalue weighted by Gasteiger charge is -2.28. The maximum Gasteiger partial charge on any atom is 0.573 e. The summed E-state index contributed by atoms with van der Waals surface area (Å²) in [5, 5.41) is 9.71. The topological polar surface area (TPSA) is 101 Å². The second-order valence-electron chi connectivity index (χ2n) is 5.26. The van der Waals surface area contributed by atoms with Crippen molar-refractivity contribution in [3.8, 4) is 11.5 Å². The van der Waals surface area contributed by atoms with E-state index in [1.165, 1.54) is 13.8 Å². The summed E-state index contributed by atoms with van der Waals surface area (Å²) in [7, 11) is 1.15. The first-order chi connectivity index (χ1) is 12.8. The zero-order valence-corrected chi connectivity index (χ0v) is 15.0. The maximum absolute atomic E-state index is 12.8. The Balaban J connectivity index is 3.95. The molecule has 158 valence electrons. The molecule has 28 heavy (non-hydrogen) atoms. The first-order valence-electron chi connectivity index (χ1n) is 7.81. The van der Waals surface area contributed by atoms with Gasteiger partial charge < -0.3 is 20.5 Å². The van der Waals surface area contributed by atoms with Crippen molar-refractivity contribution in [1.29, 1.82) is 5.41 Å². The molecule has 0 aliphatic rings. The number of benzene rings is 1. The number of nitrogens with one attached hydrogen (secondary N) is 2. The van der Waals surface area contributed by atoms with Gasteiger partial charge >= 0.3 is 18.8 Å². The molecule has 0 fully saturated rings. The highest BCUT2D eigenvalue weighted by Gasteiger charge is 2.38. The Morgan fingerprint density at radius 3 is 1.71 bits per heavy atom. The molecule has 7 nitrogen and oxygen atoms in total. The lowest BCUT2D eigenvalue weighted by Crippen LogP contribution is -2.47. The molecule has 0 spiro atoms. The van der Waals surface area contributed by atoms with Gasteiger partial charge in [0.25, 0.3) is 0 Å². The molecule has 0 aliphatic heterocycles. The fraction of sp³-hybridized carbons (Fsp3) is 0.467. The van der Waals surface area contributed by atoms with Gasteiger partial charge in [0.2, 0.25) is 5.96 Å². The molecular formula is C15H18F6N4O3. The monoisotopic (exact) mass is 416 g/mol. The Bertz CT molecular complexity index is 707. The minimum atomic E-state index is -5.22. The van der Waals surface area contributed by atoms with E-state index < -0.39 is 41.9 Å². The number of amides is 2. The van der Waals surface area contributed by atoms with Crippen molar-refractivity contribution in [1.82, 2.24) is 5.32 Å². The highest BCUT2D eigenvalue weighted by atomic mass is 19.4. The molecule has 0 bridgehead atoms. The molecule has 1 rings (SSSR count). The van der Waals surface area contributed by atoms with Crippen molar-refractivity contribution in [2.45, 2.75) is 39.4 Å². The SMILES string of the molecule is CCc1c(OC(F)(F)F)cc(OC(F)(F)F)c(CC)c1N(C(=N)N)C(=O)NC. The zero-order chi connectivity index (χ0) is 21.9. The van der Waals surface area contributed by atoms with Gasteiger partial charge in [-0.3, -0.25) is 5.41 Å². The number of hydrogen-bond acceptors (Lipinski definition) is 4. The second-order valence-corrected chi connectivity index (χ2v) is 5.26. The Morgan fingerprint density at radius 2 is 1.46 bits per heavy atom. The summed E-state index contributed by atoms with van der Waals surface area (Å²) in [5.74, 6) is -2.93. The van der Waals surface area contributed by atoms with E-state index in [9.17, 15) is 31.1 Å². The number of carbonyl (C=O) groups excluding carboxylic acids is 1. The number of alkyl halides is 6. The number of anilines is 1. The van der Waals surface area contributed by atoms with Crippen LogP contribution in [0.3, 0.4) is 0 Å². The largest absolute Gasteiger partial charge is 0.573 e. The normalized spacial score (nSPS) is 11.8. The Morgan fingerprint density at radius 1 is 1.07 bits per heavy atom. The van der Waals surface area contributed by atoms with Crippen molar-refractivity contribution >= 4 is 17.7 Å². The summed E-state index contributed by atoms with van der Waals surface area (Å²) >= 11 is 0. The summed E-state index contributed by atoms with van der Waals surface area (Å²) in [6.07, 6.45) is -10.8. The molecule has 0 aliphatic carbocycles. The number of guanidine groups is 1. The lowest BCUT2D eigenvalue weighted by molar-refractivity contribution is -0.276. The molecule has 0 atom stereocenters. The summed E-state index contributed by atoms with van der Waals surface area (Å²) in [5.41, 5.74) is 4.37. The van der Waals surface area contributed by atoms with Crippen molar-refractivity contribution in [2.75, 3.05) is 11.9 Å². The summed E-state index contributed by atoms with van der Waals surface area (Å²) in [4.78, 5) is 12.6. The van der Waals surface area contributed by atoms with E-state index in [0.29, 0.717) is 11.0 Å². The predicted octanol–water partition coefficient (Wildman–Crippen LogP) is 3.65. The highest BCUT2D eigenvalue weighted by Crippen LogP contribution is 2.43. The smallest absolute Gasteiger partial charge is 0.405 e. The van der Waals surface area contributed by atoms with Crippen LogP contribution in [0, 0.1) is 5.41 Å². The van der Waals surface area contributed by atoms with Crippen LogP contribution in [0.5, 0.6) is 11.5 Å². The van der Waals surface area contributed by atoms with Crippen molar-refractivity contribution in [3.63, 3.8) is 0 Å². The predicted molar refractivity (Wildman–Crippen MR) is 87.4 cm³/mol. The zero-order valence-electron chi connectivity index (χ0n) is 15.0. The first kappa shape index (κ1) is 23.2. The van der Waals surface area contributed by atoms with Gasteiger partial charge in [-0.25, -0.2) is 9.69 Å². The maximum atomic E-state index is 12.8. The van der Waals surface area contributed by atoms with E-state index in [1.54, 1.807) is 0 Å². The van der Waals surface area contributed by atoms with Crippen LogP contribution in [0.25, 0.3) is 0 Å². The van der Waals surface area contributed by atoms with Crippen LogP contribution < -0.4 is 25.4 Å². The molecule has 0 radical (unpaired) electrons. The van der Waals surface area contributed by atoms with E-state index in [2.05, 4.69) is 14.8 Å². The average Bonchev–Trinajstić information content (AvgIpc) is 2.51.